The molecule has 1 aromatic heterocycles. The molecule has 1 unspecified atom stereocenters. The molecule has 1 amide bonds. The fraction of sp³-hybridized carbons (Fsp3) is 0.235. The van der Waals surface area contributed by atoms with Crippen LogP contribution in [0.4, 0.5) is 0 Å². The van der Waals surface area contributed by atoms with Crippen LogP contribution in [0.3, 0.4) is 0 Å². The van der Waals surface area contributed by atoms with Gasteiger partial charge in [-0.2, -0.15) is 8.75 Å². The smallest absolute Gasteiger partial charge is 0.264 e. The summed E-state index contributed by atoms with van der Waals surface area (Å²) in [4.78, 5) is 12.7. The van der Waals surface area contributed by atoms with Crippen molar-refractivity contribution in [3.8, 4) is 0 Å². The Balaban J connectivity index is 1.88. The van der Waals surface area contributed by atoms with Crippen molar-refractivity contribution in [1.82, 2.24) is 13.5 Å². The zero-order valence-electron chi connectivity index (χ0n) is 13.5. The van der Waals surface area contributed by atoms with Gasteiger partial charge in [0.1, 0.15) is 11.0 Å². The predicted octanol–water partition coefficient (Wildman–Crippen LogP) is 3.08. The maximum Gasteiger partial charge on any atom is 0.264 e. The first-order chi connectivity index (χ1) is 12.0. The normalized spacial score (nSPS) is 12.8. The van der Waals surface area contributed by atoms with Crippen LogP contribution in [0.2, 0.25) is 0 Å². The van der Waals surface area contributed by atoms with Gasteiger partial charge in [0.2, 0.25) is 5.91 Å². The van der Waals surface area contributed by atoms with Gasteiger partial charge < -0.3 is 0 Å². The third-order valence-electron chi connectivity index (χ3n) is 3.86. The SMILES string of the molecule is CCCC(C(=O)NS(=O)(=O)c1ccccc1)c1ccc2nsnc2c1. The second-order valence-corrected chi connectivity index (χ2v) is 7.85. The quantitative estimate of drug-likeness (QED) is 0.715. The number of sulfonamides is 1. The lowest BCUT2D eigenvalue weighted by Gasteiger charge is -2.16. The molecule has 0 radical (unpaired) electrons. The summed E-state index contributed by atoms with van der Waals surface area (Å²) >= 11 is 1.11. The van der Waals surface area contributed by atoms with Gasteiger partial charge in [0.05, 0.1) is 22.5 Å². The molecule has 2 aromatic carbocycles. The lowest BCUT2D eigenvalue weighted by Crippen LogP contribution is -2.34. The predicted molar refractivity (Wildman–Crippen MR) is 96.8 cm³/mol. The minimum Gasteiger partial charge on any atom is -0.273 e. The lowest BCUT2D eigenvalue weighted by molar-refractivity contribution is -0.120. The summed E-state index contributed by atoms with van der Waals surface area (Å²) in [7, 11) is -3.89. The zero-order valence-corrected chi connectivity index (χ0v) is 15.2. The number of nitrogens with one attached hydrogen (secondary N) is 1. The topological polar surface area (TPSA) is 89.0 Å². The second kappa shape index (κ2) is 7.28. The summed E-state index contributed by atoms with van der Waals surface area (Å²) in [5.41, 5.74) is 2.21. The number of hydrogen-bond donors (Lipinski definition) is 1. The van der Waals surface area contributed by atoms with E-state index in [2.05, 4.69) is 13.5 Å². The van der Waals surface area contributed by atoms with Crippen molar-refractivity contribution in [2.45, 2.75) is 30.6 Å². The summed E-state index contributed by atoms with van der Waals surface area (Å²) < 4.78 is 35.3. The van der Waals surface area contributed by atoms with Crippen LogP contribution in [0.25, 0.3) is 11.0 Å². The molecule has 0 aliphatic carbocycles. The lowest BCUT2D eigenvalue weighted by atomic mass is 9.93. The van der Waals surface area contributed by atoms with Gasteiger partial charge in [-0.15, -0.1) is 0 Å². The Labute approximate surface area is 150 Å². The highest BCUT2D eigenvalue weighted by atomic mass is 32.2. The monoisotopic (exact) mass is 375 g/mol. The van der Waals surface area contributed by atoms with Gasteiger partial charge >= 0.3 is 0 Å². The Hall–Kier alpha value is -2.32. The Morgan fingerprint density at radius 2 is 1.84 bits per heavy atom. The number of rotatable bonds is 6. The number of carbonyl (C=O) groups excluding carboxylic acids is 1. The van der Waals surface area contributed by atoms with E-state index in [9.17, 15) is 13.2 Å². The van der Waals surface area contributed by atoms with Crippen LogP contribution in [-0.2, 0) is 14.8 Å². The Bertz CT molecular complexity index is 985. The second-order valence-electron chi connectivity index (χ2n) is 5.64. The molecular formula is C17H17N3O3S2. The molecule has 0 saturated carbocycles. The molecule has 6 nitrogen and oxygen atoms in total. The molecule has 130 valence electrons. The Kier molecular flexibility index (Phi) is 5.10. The van der Waals surface area contributed by atoms with Gasteiger partial charge in [-0.25, -0.2) is 13.1 Å². The third kappa shape index (κ3) is 3.85. The van der Waals surface area contributed by atoms with E-state index in [4.69, 9.17) is 0 Å². The summed E-state index contributed by atoms with van der Waals surface area (Å²) in [5.74, 6) is -1.09. The largest absolute Gasteiger partial charge is 0.273 e. The van der Waals surface area contributed by atoms with E-state index in [1.165, 1.54) is 12.1 Å². The first-order valence-electron chi connectivity index (χ1n) is 7.85. The average Bonchev–Trinajstić information content (AvgIpc) is 3.07. The van der Waals surface area contributed by atoms with Gasteiger partial charge in [-0.05, 0) is 36.2 Å². The number of aromatic nitrogens is 2. The van der Waals surface area contributed by atoms with Crippen molar-refractivity contribution >= 4 is 38.7 Å². The molecular weight excluding hydrogens is 358 g/mol. The Morgan fingerprint density at radius 1 is 1.12 bits per heavy atom. The molecule has 1 N–H and O–H groups in total. The minimum absolute atomic E-state index is 0.0674. The molecule has 8 heteroatoms. The van der Waals surface area contributed by atoms with E-state index in [0.717, 1.165) is 29.2 Å². The fourth-order valence-electron chi connectivity index (χ4n) is 2.62. The molecule has 3 rings (SSSR count). The first kappa shape index (κ1) is 17.5. The summed E-state index contributed by atoms with van der Waals surface area (Å²) in [6.45, 7) is 1.95. The van der Waals surface area contributed by atoms with Crippen LogP contribution < -0.4 is 4.72 Å². The van der Waals surface area contributed by atoms with Crippen molar-refractivity contribution in [1.29, 1.82) is 0 Å². The standard InChI is InChI=1S/C17H17N3O3S2/c1-2-6-14(12-9-10-15-16(11-12)19-24-18-15)17(21)20-25(22,23)13-7-4-3-5-8-13/h3-5,7-11,14H,2,6H2,1H3,(H,20,21). The molecule has 0 saturated heterocycles. The number of hydrogen-bond acceptors (Lipinski definition) is 6. The fourth-order valence-corrected chi connectivity index (χ4v) is 4.17. The van der Waals surface area contributed by atoms with Crippen LogP contribution in [0, 0.1) is 0 Å². The van der Waals surface area contributed by atoms with E-state index in [-0.39, 0.29) is 4.90 Å². The van der Waals surface area contributed by atoms with Crippen molar-refractivity contribution in [3.63, 3.8) is 0 Å². The van der Waals surface area contributed by atoms with E-state index >= 15 is 0 Å². The number of fused-ring (bicyclic) bond motifs is 1. The molecule has 0 bridgehead atoms. The highest BCUT2D eigenvalue weighted by molar-refractivity contribution is 7.90. The van der Waals surface area contributed by atoms with Gasteiger partial charge in [-0.3, -0.25) is 4.79 Å². The van der Waals surface area contributed by atoms with E-state index in [1.807, 2.05) is 6.92 Å². The summed E-state index contributed by atoms with van der Waals surface area (Å²) in [6.07, 6.45) is 1.29. The average molecular weight is 375 g/mol. The van der Waals surface area contributed by atoms with Crippen LogP contribution in [0.5, 0.6) is 0 Å². The van der Waals surface area contributed by atoms with Crippen LogP contribution in [-0.4, -0.2) is 23.1 Å². The Morgan fingerprint density at radius 3 is 2.56 bits per heavy atom. The van der Waals surface area contributed by atoms with E-state index in [0.29, 0.717) is 11.9 Å². The van der Waals surface area contributed by atoms with Gasteiger partial charge in [-0.1, -0.05) is 37.6 Å². The van der Waals surface area contributed by atoms with Crippen LogP contribution in [0.15, 0.2) is 53.4 Å². The molecule has 0 aliphatic rings. The highest BCUT2D eigenvalue weighted by Gasteiger charge is 2.25. The summed E-state index contributed by atoms with van der Waals surface area (Å²) in [5, 5.41) is 0. The third-order valence-corrected chi connectivity index (χ3v) is 5.78. The summed E-state index contributed by atoms with van der Waals surface area (Å²) in [6, 6.07) is 13.3. The number of carbonyl (C=O) groups is 1. The minimum atomic E-state index is -3.89. The zero-order chi connectivity index (χ0) is 17.9. The number of amides is 1. The number of benzene rings is 2. The van der Waals surface area contributed by atoms with Crippen molar-refractivity contribution in [2.24, 2.45) is 0 Å². The van der Waals surface area contributed by atoms with Crippen LogP contribution >= 0.6 is 11.7 Å². The van der Waals surface area contributed by atoms with Gasteiger partial charge in [0, 0.05) is 0 Å². The van der Waals surface area contributed by atoms with E-state index in [1.54, 1.807) is 36.4 Å². The van der Waals surface area contributed by atoms with Crippen LogP contribution in [0.1, 0.15) is 31.2 Å². The molecule has 3 aromatic rings. The van der Waals surface area contributed by atoms with Crippen molar-refractivity contribution in [2.75, 3.05) is 0 Å². The maximum absolute atomic E-state index is 12.7. The van der Waals surface area contributed by atoms with Gasteiger partial charge in [0.15, 0.2) is 0 Å². The van der Waals surface area contributed by atoms with Crippen molar-refractivity contribution in [3.05, 3.63) is 54.1 Å². The molecule has 1 heterocycles. The first-order valence-corrected chi connectivity index (χ1v) is 10.1. The maximum atomic E-state index is 12.7. The van der Waals surface area contributed by atoms with Gasteiger partial charge in [0.25, 0.3) is 10.0 Å². The molecule has 0 fully saturated rings. The molecule has 0 aliphatic heterocycles. The number of nitrogens with zero attached hydrogens (tertiary/aromatic N) is 2. The molecule has 0 spiro atoms. The molecule has 25 heavy (non-hydrogen) atoms. The highest BCUT2D eigenvalue weighted by Crippen LogP contribution is 2.25. The molecule has 1 atom stereocenters. The van der Waals surface area contributed by atoms with Crippen molar-refractivity contribution < 1.29 is 13.2 Å². The van der Waals surface area contributed by atoms with E-state index < -0.39 is 21.8 Å².